The normalized spacial score (nSPS) is 10.5. The van der Waals surface area contributed by atoms with Crippen LogP contribution in [0.25, 0.3) is 11.3 Å². The molecule has 3 heteroatoms. The number of rotatable bonds is 2. The van der Waals surface area contributed by atoms with Crippen LogP contribution in [0.3, 0.4) is 0 Å². The van der Waals surface area contributed by atoms with Gasteiger partial charge in [0, 0.05) is 12.5 Å². The molecular formula is C12H13NO2. The van der Waals surface area contributed by atoms with Crippen LogP contribution in [-0.2, 0) is 6.42 Å². The molecule has 0 spiro atoms. The van der Waals surface area contributed by atoms with Crippen LogP contribution < -0.4 is 0 Å². The number of aryl methyl sites for hydroxylation is 2. The van der Waals surface area contributed by atoms with Gasteiger partial charge in [-0.05, 0) is 12.0 Å². The van der Waals surface area contributed by atoms with E-state index in [0.717, 1.165) is 12.0 Å². The Morgan fingerprint density at radius 2 is 1.93 bits per heavy atom. The molecule has 0 unspecified atom stereocenters. The molecule has 0 amide bonds. The second-order valence-electron chi connectivity index (χ2n) is 3.49. The lowest BCUT2D eigenvalue weighted by Crippen LogP contribution is -1.81. The van der Waals surface area contributed by atoms with Crippen molar-refractivity contribution in [1.29, 1.82) is 0 Å². The van der Waals surface area contributed by atoms with Crippen molar-refractivity contribution >= 4 is 0 Å². The molecule has 0 aliphatic rings. The minimum absolute atomic E-state index is 0.124. The molecule has 3 nitrogen and oxygen atoms in total. The molecule has 0 saturated carbocycles. The summed E-state index contributed by atoms with van der Waals surface area (Å²) in [7, 11) is 0. The Hall–Kier alpha value is -1.77. The van der Waals surface area contributed by atoms with Gasteiger partial charge >= 0.3 is 0 Å². The zero-order valence-corrected chi connectivity index (χ0v) is 8.82. The van der Waals surface area contributed by atoms with Crippen LogP contribution in [0.2, 0.25) is 0 Å². The number of hydrogen-bond acceptors (Lipinski definition) is 3. The first-order valence-corrected chi connectivity index (χ1v) is 4.97. The van der Waals surface area contributed by atoms with Crippen molar-refractivity contribution < 1.29 is 9.63 Å². The number of hydrogen-bond donors (Lipinski definition) is 1. The minimum Gasteiger partial charge on any atom is -0.503 e. The highest BCUT2D eigenvalue weighted by Gasteiger charge is 2.12. The summed E-state index contributed by atoms with van der Waals surface area (Å²) in [5.41, 5.74) is 2.65. The summed E-state index contributed by atoms with van der Waals surface area (Å²) in [5.74, 6) is 0.573. The molecule has 1 heterocycles. The maximum atomic E-state index is 9.66. The van der Waals surface area contributed by atoms with E-state index in [1.165, 1.54) is 5.56 Å². The predicted molar refractivity (Wildman–Crippen MR) is 57.7 cm³/mol. The third-order valence-corrected chi connectivity index (χ3v) is 2.47. The lowest BCUT2D eigenvalue weighted by atomic mass is 10.1. The van der Waals surface area contributed by atoms with Gasteiger partial charge in [0.1, 0.15) is 0 Å². The van der Waals surface area contributed by atoms with Crippen LogP contribution in [0.5, 0.6) is 5.75 Å². The van der Waals surface area contributed by atoms with Crippen LogP contribution in [0.15, 0.2) is 28.8 Å². The Morgan fingerprint density at radius 3 is 2.40 bits per heavy atom. The molecule has 1 aromatic heterocycles. The van der Waals surface area contributed by atoms with Crippen molar-refractivity contribution in [3.8, 4) is 17.0 Å². The Morgan fingerprint density at radius 1 is 1.27 bits per heavy atom. The Bertz CT molecular complexity index is 457. The fourth-order valence-electron chi connectivity index (χ4n) is 1.46. The van der Waals surface area contributed by atoms with Gasteiger partial charge in [-0.2, -0.15) is 0 Å². The largest absolute Gasteiger partial charge is 0.503 e. The molecular weight excluding hydrogens is 190 g/mol. The van der Waals surface area contributed by atoms with Crippen LogP contribution in [0.1, 0.15) is 18.2 Å². The Balaban J connectivity index is 2.41. The van der Waals surface area contributed by atoms with Crippen molar-refractivity contribution in [3.05, 3.63) is 35.6 Å². The van der Waals surface area contributed by atoms with Gasteiger partial charge < -0.3 is 9.63 Å². The van der Waals surface area contributed by atoms with Crippen molar-refractivity contribution in [3.63, 3.8) is 0 Å². The van der Waals surface area contributed by atoms with Crippen molar-refractivity contribution in [1.82, 2.24) is 5.16 Å². The summed E-state index contributed by atoms with van der Waals surface area (Å²) >= 11 is 0. The molecule has 78 valence electrons. The highest BCUT2D eigenvalue weighted by Crippen LogP contribution is 2.30. The van der Waals surface area contributed by atoms with E-state index in [-0.39, 0.29) is 5.75 Å². The van der Waals surface area contributed by atoms with E-state index in [1.54, 1.807) is 6.92 Å². The average molecular weight is 203 g/mol. The molecule has 0 saturated heterocycles. The molecule has 0 fully saturated rings. The second kappa shape index (κ2) is 3.77. The molecule has 2 aromatic rings. The third-order valence-electron chi connectivity index (χ3n) is 2.47. The summed E-state index contributed by atoms with van der Waals surface area (Å²) in [6, 6.07) is 7.93. The van der Waals surface area contributed by atoms with Crippen LogP contribution in [0.4, 0.5) is 0 Å². The number of nitrogens with zero attached hydrogens (tertiary/aromatic N) is 1. The van der Waals surface area contributed by atoms with Gasteiger partial charge in [-0.25, -0.2) is 0 Å². The smallest absolute Gasteiger partial charge is 0.186 e. The summed E-state index contributed by atoms with van der Waals surface area (Å²) in [5, 5.41) is 13.5. The molecule has 15 heavy (non-hydrogen) atoms. The molecule has 0 bridgehead atoms. The number of benzene rings is 1. The summed E-state index contributed by atoms with van der Waals surface area (Å²) in [6.45, 7) is 3.79. The molecule has 0 aliphatic heterocycles. The molecule has 1 N–H and O–H groups in total. The summed E-state index contributed by atoms with van der Waals surface area (Å²) in [6.07, 6.45) is 1.00. The Kier molecular flexibility index (Phi) is 2.46. The lowest BCUT2D eigenvalue weighted by Gasteiger charge is -1.99. The van der Waals surface area contributed by atoms with Gasteiger partial charge in [-0.1, -0.05) is 36.3 Å². The highest BCUT2D eigenvalue weighted by molar-refractivity contribution is 5.66. The lowest BCUT2D eigenvalue weighted by molar-refractivity contribution is 0.384. The first-order valence-electron chi connectivity index (χ1n) is 4.97. The first-order chi connectivity index (χ1) is 7.22. The standard InChI is InChI=1S/C12H13NO2/c1-3-9-4-6-10(7-5-9)11-12(14)8(2)15-13-11/h4-7,14H,3H2,1-2H3. The third kappa shape index (κ3) is 1.73. The molecule has 2 rings (SSSR count). The van der Waals surface area contributed by atoms with Gasteiger partial charge in [0.15, 0.2) is 17.2 Å². The van der Waals surface area contributed by atoms with Gasteiger partial charge in [-0.3, -0.25) is 0 Å². The number of aromatic hydroxyl groups is 1. The average Bonchev–Trinajstić information content (AvgIpc) is 2.60. The summed E-state index contributed by atoms with van der Waals surface area (Å²) < 4.78 is 4.91. The quantitative estimate of drug-likeness (QED) is 0.816. The predicted octanol–water partition coefficient (Wildman–Crippen LogP) is 2.92. The van der Waals surface area contributed by atoms with E-state index in [0.29, 0.717) is 11.5 Å². The van der Waals surface area contributed by atoms with Crippen molar-refractivity contribution in [2.75, 3.05) is 0 Å². The van der Waals surface area contributed by atoms with Crippen LogP contribution >= 0.6 is 0 Å². The molecule has 0 aliphatic carbocycles. The van der Waals surface area contributed by atoms with E-state index < -0.39 is 0 Å². The minimum atomic E-state index is 0.124. The zero-order chi connectivity index (χ0) is 10.8. The van der Waals surface area contributed by atoms with Gasteiger partial charge in [0.25, 0.3) is 0 Å². The number of aromatic nitrogens is 1. The maximum absolute atomic E-state index is 9.66. The SMILES string of the molecule is CCc1ccc(-c2noc(C)c2O)cc1. The molecule has 0 radical (unpaired) electrons. The monoisotopic (exact) mass is 203 g/mol. The van der Waals surface area contributed by atoms with Crippen molar-refractivity contribution in [2.45, 2.75) is 20.3 Å². The zero-order valence-electron chi connectivity index (χ0n) is 8.82. The second-order valence-corrected chi connectivity index (χ2v) is 3.49. The maximum Gasteiger partial charge on any atom is 0.186 e. The van der Waals surface area contributed by atoms with Crippen molar-refractivity contribution in [2.24, 2.45) is 0 Å². The van der Waals surface area contributed by atoms with E-state index in [4.69, 9.17) is 4.52 Å². The fourth-order valence-corrected chi connectivity index (χ4v) is 1.46. The first kappa shape index (κ1) is 9.77. The van der Waals surface area contributed by atoms with E-state index in [1.807, 2.05) is 24.3 Å². The fraction of sp³-hybridized carbons (Fsp3) is 0.250. The Labute approximate surface area is 88.3 Å². The van der Waals surface area contributed by atoms with Gasteiger partial charge in [-0.15, -0.1) is 0 Å². The van der Waals surface area contributed by atoms with E-state index >= 15 is 0 Å². The van der Waals surface area contributed by atoms with E-state index in [2.05, 4.69) is 12.1 Å². The van der Waals surface area contributed by atoms with Crippen LogP contribution in [0, 0.1) is 6.92 Å². The van der Waals surface area contributed by atoms with E-state index in [9.17, 15) is 5.11 Å². The summed E-state index contributed by atoms with van der Waals surface area (Å²) in [4.78, 5) is 0. The highest BCUT2D eigenvalue weighted by atomic mass is 16.5. The van der Waals surface area contributed by atoms with Crippen LogP contribution in [-0.4, -0.2) is 10.3 Å². The van der Waals surface area contributed by atoms with Gasteiger partial charge in [0.2, 0.25) is 0 Å². The van der Waals surface area contributed by atoms with Gasteiger partial charge in [0.05, 0.1) is 0 Å². The molecule has 1 aromatic carbocycles. The molecule has 0 atom stereocenters. The topological polar surface area (TPSA) is 46.3 Å².